The number of hydrogen-bond acceptors (Lipinski definition) is 10. The van der Waals surface area contributed by atoms with E-state index < -0.39 is 29.7 Å². The SMILES string of the molecule is CC[C@H](C)n1cc(C)c2c(C(=O)NCc3c(C)cc(C)[nH]c3=O)cc(-c3ccc(N4CCN(CCCCOc5cccc6c5C(=O)N(C5CCC(=O)NC5=O)C6=O)CC4)nc3)cc21. The second-order valence-electron chi connectivity index (χ2n) is 16.9. The van der Waals surface area contributed by atoms with Crippen LogP contribution in [0.2, 0.25) is 0 Å². The summed E-state index contributed by atoms with van der Waals surface area (Å²) in [6.45, 7) is 14.8. The van der Waals surface area contributed by atoms with Crippen LogP contribution in [0.4, 0.5) is 5.82 Å². The fraction of sp³-hybridized carbons (Fsp3) is 0.396. The number of aromatic amines is 1. The molecule has 8 rings (SSSR count). The van der Waals surface area contributed by atoms with Gasteiger partial charge in [-0.15, -0.1) is 0 Å². The third-order valence-electron chi connectivity index (χ3n) is 12.7. The van der Waals surface area contributed by atoms with Crippen LogP contribution in [0.1, 0.15) is 105 Å². The normalized spacial score (nSPS) is 17.3. The predicted molar refractivity (Wildman–Crippen MR) is 239 cm³/mol. The summed E-state index contributed by atoms with van der Waals surface area (Å²) in [5, 5.41) is 6.15. The molecular weight excluding hydrogens is 801 g/mol. The zero-order valence-corrected chi connectivity index (χ0v) is 36.5. The van der Waals surface area contributed by atoms with Gasteiger partial charge in [-0.05, 0) is 119 Å². The van der Waals surface area contributed by atoms with Crippen LogP contribution in [0.5, 0.6) is 5.75 Å². The van der Waals surface area contributed by atoms with Crippen LogP contribution in [-0.4, -0.2) is 99.2 Å². The maximum absolute atomic E-state index is 14.0. The van der Waals surface area contributed by atoms with E-state index in [2.05, 4.69) is 62.2 Å². The lowest BCUT2D eigenvalue weighted by Crippen LogP contribution is -2.54. The fourth-order valence-corrected chi connectivity index (χ4v) is 9.03. The number of rotatable bonds is 14. The zero-order chi connectivity index (χ0) is 44.5. The number of nitrogens with zero attached hydrogens (tertiary/aromatic N) is 5. The molecule has 3 aromatic heterocycles. The average Bonchev–Trinajstić information content (AvgIpc) is 3.74. The summed E-state index contributed by atoms with van der Waals surface area (Å²) in [4.78, 5) is 90.7. The molecule has 3 N–H and O–H groups in total. The van der Waals surface area contributed by atoms with E-state index in [-0.39, 0.29) is 48.0 Å². The number of carbonyl (C=O) groups excluding carboxylic acids is 5. The summed E-state index contributed by atoms with van der Waals surface area (Å²) in [6.07, 6.45) is 6.71. The molecule has 328 valence electrons. The molecule has 15 nitrogen and oxygen atoms in total. The molecule has 1 unspecified atom stereocenters. The van der Waals surface area contributed by atoms with Gasteiger partial charge in [0.05, 0.1) is 17.7 Å². The lowest BCUT2D eigenvalue weighted by molar-refractivity contribution is -0.136. The Kier molecular flexibility index (Phi) is 12.3. The van der Waals surface area contributed by atoms with E-state index >= 15 is 0 Å². The maximum atomic E-state index is 14.0. The number of aromatic nitrogens is 3. The van der Waals surface area contributed by atoms with Crippen molar-refractivity contribution >= 4 is 46.3 Å². The van der Waals surface area contributed by atoms with Gasteiger partial charge in [-0.25, -0.2) is 4.98 Å². The van der Waals surface area contributed by atoms with Crippen molar-refractivity contribution in [1.29, 1.82) is 0 Å². The van der Waals surface area contributed by atoms with Gasteiger partial charge in [0.1, 0.15) is 17.6 Å². The molecule has 15 heteroatoms. The van der Waals surface area contributed by atoms with Crippen molar-refractivity contribution in [3.8, 4) is 16.9 Å². The minimum atomic E-state index is -1.03. The van der Waals surface area contributed by atoms with E-state index in [1.165, 1.54) is 0 Å². The van der Waals surface area contributed by atoms with Crippen molar-refractivity contribution in [2.45, 2.75) is 85.4 Å². The first-order chi connectivity index (χ1) is 30.3. The number of piperazine rings is 1. The number of benzene rings is 2. The highest BCUT2D eigenvalue weighted by Gasteiger charge is 2.46. The van der Waals surface area contributed by atoms with E-state index in [1.807, 2.05) is 45.2 Å². The second kappa shape index (κ2) is 18.0. The van der Waals surface area contributed by atoms with Crippen LogP contribution in [0, 0.1) is 20.8 Å². The lowest BCUT2D eigenvalue weighted by Gasteiger charge is -2.35. The Bertz CT molecular complexity index is 2680. The molecule has 63 heavy (non-hydrogen) atoms. The molecular formula is C48H54N8O7. The number of carbonyl (C=O) groups is 5. The number of aryl methyl sites for hydroxylation is 3. The molecule has 5 amide bonds. The van der Waals surface area contributed by atoms with Crippen molar-refractivity contribution in [2.24, 2.45) is 0 Å². The first-order valence-corrected chi connectivity index (χ1v) is 21.9. The Morgan fingerprint density at radius 3 is 2.44 bits per heavy atom. The Hall–Kier alpha value is -6.61. The van der Waals surface area contributed by atoms with Crippen LogP contribution in [0.25, 0.3) is 22.0 Å². The molecule has 5 aromatic rings. The van der Waals surface area contributed by atoms with Gasteiger partial charge in [-0.2, -0.15) is 0 Å². The van der Waals surface area contributed by atoms with Gasteiger partial charge < -0.3 is 24.5 Å². The highest BCUT2D eigenvalue weighted by molar-refractivity contribution is 6.24. The van der Waals surface area contributed by atoms with E-state index in [0.29, 0.717) is 23.5 Å². The number of imide groups is 2. The van der Waals surface area contributed by atoms with E-state index in [0.717, 1.165) is 102 Å². The largest absolute Gasteiger partial charge is 0.493 e. The Morgan fingerprint density at radius 2 is 1.73 bits per heavy atom. The summed E-state index contributed by atoms with van der Waals surface area (Å²) in [5.74, 6) is -1.22. The standard InChI is InChI=1S/C48H54N8O7/c1-6-31(5)55-27-29(3)42-35(44(58)50-26-36-28(2)22-30(4)51-45(36)59)23-33(24-38(42)55)32-12-14-40(49-25-32)54-19-17-53(18-20-54)16-7-8-21-63-39-11-9-10-34-43(39)48(62)56(47(34)61)37-13-15-41(57)52-46(37)60/h9-12,14,22-25,27,31,37H,6-8,13,15-21,26H2,1-5H3,(H,50,58)(H,51,59)(H,52,57,60)/t31-,37?/m0/s1. The zero-order valence-electron chi connectivity index (χ0n) is 36.5. The number of H-pyrrole nitrogens is 1. The average molecular weight is 855 g/mol. The number of nitrogens with one attached hydrogen (secondary N) is 3. The highest BCUT2D eigenvalue weighted by atomic mass is 16.5. The van der Waals surface area contributed by atoms with Crippen molar-refractivity contribution in [2.75, 3.05) is 44.2 Å². The molecule has 0 aliphatic carbocycles. The number of ether oxygens (including phenoxy) is 1. The first-order valence-electron chi connectivity index (χ1n) is 21.9. The van der Waals surface area contributed by atoms with Gasteiger partial charge >= 0.3 is 0 Å². The van der Waals surface area contributed by atoms with Gasteiger partial charge in [0.15, 0.2) is 0 Å². The van der Waals surface area contributed by atoms with E-state index in [9.17, 15) is 28.8 Å². The van der Waals surface area contributed by atoms with Gasteiger partial charge in [0.25, 0.3) is 23.3 Å². The van der Waals surface area contributed by atoms with Crippen molar-refractivity contribution < 1.29 is 28.7 Å². The van der Waals surface area contributed by atoms with Gasteiger partial charge in [-0.1, -0.05) is 13.0 Å². The van der Waals surface area contributed by atoms with Crippen molar-refractivity contribution in [3.63, 3.8) is 0 Å². The van der Waals surface area contributed by atoms with Crippen LogP contribution in [0.3, 0.4) is 0 Å². The van der Waals surface area contributed by atoms with Crippen LogP contribution in [0.15, 0.2) is 65.7 Å². The Morgan fingerprint density at radius 1 is 0.937 bits per heavy atom. The topological polar surface area (TPSA) is 179 Å². The molecule has 6 heterocycles. The number of piperidine rings is 1. The predicted octanol–water partition coefficient (Wildman–Crippen LogP) is 5.60. The second-order valence-corrected chi connectivity index (χ2v) is 16.9. The number of pyridine rings is 2. The molecule has 2 aromatic carbocycles. The Labute approximate surface area is 365 Å². The molecule has 0 radical (unpaired) electrons. The third kappa shape index (κ3) is 8.61. The van der Waals surface area contributed by atoms with Gasteiger partial charge in [-0.3, -0.25) is 43.9 Å². The third-order valence-corrected chi connectivity index (χ3v) is 12.7. The molecule has 2 saturated heterocycles. The molecule has 2 fully saturated rings. The molecule has 0 spiro atoms. The van der Waals surface area contributed by atoms with Crippen LogP contribution in [-0.2, 0) is 16.1 Å². The summed E-state index contributed by atoms with van der Waals surface area (Å²) in [7, 11) is 0. The first kappa shape index (κ1) is 43.1. The van der Waals surface area contributed by atoms with Gasteiger partial charge in [0, 0.05) is 90.9 Å². The van der Waals surface area contributed by atoms with Crippen LogP contribution >= 0.6 is 0 Å². The van der Waals surface area contributed by atoms with E-state index in [4.69, 9.17) is 9.72 Å². The quantitative estimate of drug-likeness (QED) is 0.0941. The highest BCUT2D eigenvalue weighted by Crippen LogP contribution is 2.35. The molecule has 0 saturated carbocycles. The number of fused-ring (bicyclic) bond motifs is 2. The number of amides is 5. The summed E-state index contributed by atoms with van der Waals surface area (Å²) >= 11 is 0. The summed E-state index contributed by atoms with van der Waals surface area (Å²) in [5.41, 5.74) is 6.66. The molecule has 3 aliphatic rings. The van der Waals surface area contributed by atoms with Crippen molar-refractivity contribution in [1.82, 2.24) is 35.0 Å². The van der Waals surface area contributed by atoms with Gasteiger partial charge in [0.2, 0.25) is 11.8 Å². The summed E-state index contributed by atoms with van der Waals surface area (Å²) in [6, 6.07) is 14.2. The minimum absolute atomic E-state index is 0.0613. The van der Waals surface area contributed by atoms with E-state index in [1.54, 1.807) is 18.2 Å². The minimum Gasteiger partial charge on any atom is -0.493 e. The molecule has 3 aliphatic heterocycles. The monoisotopic (exact) mass is 854 g/mol. The molecule has 0 bridgehead atoms. The van der Waals surface area contributed by atoms with Crippen molar-refractivity contribution in [3.05, 3.63) is 110 Å². The Balaban J connectivity index is 0.867. The number of hydrogen-bond donors (Lipinski definition) is 3. The number of unbranched alkanes of at least 4 members (excludes halogenated alkanes) is 1. The maximum Gasteiger partial charge on any atom is 0.266 e. The number of anilines is 1. The van der Waals surface area contributed by atoms with Crippen LogP contribution < -0.4 is 25.8 Å². The lowest BCUT2D eigenvalue weighted by atomic mass is 9.98. The molecule has 2 atom stereocenters. The fourth-order valence-electron chi connectivity index (χ4n) is 9.03. The smallest absolute Gasteiger partial charge is 0.266 e. The summed E-state index contributed by atoms with van der Waals surface area (Å²) < 4.78 is 8.28.